The van der Waals surface area contributed by atoms with Gasteiger partial charge in [0.2, 0.25) is 5.82 Å². The van der Waals surface area contributed by atoms with E-state index in [0.717, 1.165) is 12.6 Å². The van der Waals surface area contributed by atoms with Crippen molar-refractivity contribution in [1.29, 1.82) is 0 Å². The minimum atomic E-state index is -1.22. The fraction of sp³-hybridized carbons (Fsp3) is 0.455. The van der Waals surface area contributed by atoms with Crippen molar-refractivity contribution in [2.75, 3.05) is 19.6 Å². The molecule has 1 fully saturated rings. The number of likely N-dealkylation sites (N-methyl/N-ethyl adjacent to an activating group) is 1. The molecule has 0 unspecified atom stereocenters. The van der Waals surface area contributed by atoms with Gasteiger partial charge in [-0.05, 0) is 6.54 Å². The molecule has 0 bridgehead atoms. The van der Waals surface area contributed by atoms with Crippen LogP contribution in [0.3, 0.4) is 0 Å². The smallest absolute Gasteiger partial charge is 0.200 e. The molecule has 0 N–H and O–H groups in total. The van der Waals surface area contributed by atoms with Crippen LogP contribution in [0.4, 0.5) is 13.2 Å². The summed E-state index contributed by atoms with van der Waals surface area (Å²) in [6.45, 7) is 4.21. The van der Waals surface area contributed by atoms with Crippen molar-refractivity contribution < 1.29 is 17.9 Å². The summed E-state index contributed by atoms with van der Waals surface area (Å²) in [5.41, 5.74) is 0. The van der Waals surface area contributed by atoms with Crippen molar-refractivity contribution in [2.24, 2.45) is 0 Å². The lowest BCUT2D eigenvalue weighted by atomic mass is 10.1. The maximum absolute atomic E-state index is 13.2. The minimum Gasteiger partial charge on any atom is -0.484 e. The van der Waals surface area contributed by atoms with Crippen molar-refractivity contribution in [3.8, 4) is 5.75 Å². The average Bonchev–Trinajstić information content (AvgIpc) is 2.17. The molecule has 1 aromatic carbocycles. The summed E-state index contributed by atoms with van der Waals surface area (Å²) in [5.74, 6) is -3.53. The minimum absolute atomic E-state index is 0.185. The van der Waals surface area contributed by atoms with Gasteiger partial charge in [-0.3, -0.25) is 4.90 Å². The first-order valence-corrected chi connectivity index (χ1v) is 5.13. The average molecular weight is 231 g/mol. The molecule has 1 saturated heterocycles. The highest BCUT2D eigenvalue weighted by Gasteiger charge is 2.28. The Kier molecular flexibility index (Phi) is 3.05. The quantitative estimate of drug-likeness (QED) is 0.739. The van der Waals surface area contributed by atoms with Crippen molar-refractivity contribution in [1.82, 2.24) is 4.90 Å². The first-order chi connectivity index (χ1) is 7.60. The molecule has 1 aromatic rings. The molecule has 0 saturated carbocycles. The Morgan fingerprint density at radius 2 is 2.00 bits per heavy atom. The molecular weight excluding hydrogens is 219 g/mol. The molecule has 1 aliphatic rings. The van der Waals surface area contributed by atoms with Gasteiger partial charge in [-0.15, -0.1) is 0 Å². The first kappa shape index (κ1) is 11.3. The molecule has 0 aliphatic carbocycles. The lowest BCUT2D eigenvalue weighted by molar-refractivity contribution is 0.0208. The van der Waals surface area contributed by atoms with Crippen molar-refractivity contribution in [3.05, 3.63) is 29.6 Å². The van der Waals surface area contributed by atoms with E-state index in [2.05, 4.69) is 4.90 Å². The fourth-order valence-electron chi connectivity index (χ4n) is 1.65. The SMILES string of the molecule is CCN1CC(Oc2cc(F)cc(F)c2F)C1. The molecular formula is C11H12F3NO. The predicted octanol–water partition coefficient (Wildman–Crippen LogP) is 2.19. The van der Waals surface area contributed by atoms with Gasteiger partial charge in [-0.25, -0.2) is 8.78 Å². The van der Waals surface area contributed by atoms with E-state index >= 15 is 0 Å². The summed E-state index contributed by atoms with van der Waals surface area (Å²) >= 11 is 0. The summed E-state index contributed by atoms with van der Waals surface area (Å²) in [7, 11) is 0. The summed E-state index contributed by atoms with van der Waals surface area (Å²) in [4.78, 5) is 2.08. The van der Waals surface area contributed by atoms with Gasteiger partial charge in [0.15, 0.2) is 11.6 Å². The Balaban J connectivity index is 2.05. The van der Waals surface area contributed by atoms with Gasteiger partial charge >= 0.3 is 0 Å². The van der Waals surface area contributed by atoms with Crippen LogP contribution < -0.4 is 4.74 Å². The molecule has 2 nitrogen and oxygen atoms in total. The summed E-state index contributed by atoms with van der Waals surface area (Å²) in [6, 6.07) is 1.37. The third-order valence-electron chi connectivity index (χ3n) is 2.62. The summed E-state index contributed by atoms with van der Waals surface area (Å²) in [5, 5.41) is 0. The molecule has 0 amide bonds. The van der Waals surface area contributed by atoms with Crippen LogP contribution in [0.5, 0.6) is 5.75 Å². The second-order valence-electron chi connectivity index (χ2n) is 3.79. The number of halogens is 3. The van der Waals surface area contributed by atoms with E-state index in [0.29, 0.717) is 19.2 Å². The van der Waals surface area contributed by atoms with E-state index in [4.69, 9.17) is 4.74 Å². The van der Waals surface area contributed by atoms with E-state index in [1.807, 2.05) is 6.92 Å². The topological polar surface area (TPSA) is 12.5 Å². The predicted molar refractivity (Wildman–Crippen MR) is 52.8 cm³/mol. The van der Waals surface area contributed by atoms with E-state index in [1.54, 1.807) is 0 Å². The zero-order valence-corrected chi connectivity index (χ0v) is 8.84. The lowest BCUT2D eigenvalue weighted by Gasteiger charge is -2.38. The van der Waals surface area contributed by atoms with Crippen LogP contribution in [0, 0.1) is 17.5 Å². The number of rotatable bonds is 3. The van der Waals surface area contributed by atoms with Crippen molar-refractivity contribution in [2.45, 2.75) is 13.0 Å². The van der Waals surface area contributed by atoms with Crippen LogP contribution in [0.15, 0.2) is 12.1 Å². The van der Waals surface area contributed by atoms with E-state index in [1.165, 1.54) is 0 Å². The first-order valence-electron chi connectivity index (χ1n) is 5.13. The fourth-order valence-corrected chi connectivity index (χ4v) is 1.65. The number of hydrogen-bond donors (Lipinski definition) is 0. The number of benzene rings is 1. The van der Waals surface area contributed by atoms with Crippen LogP contribution in [0.25, 0.3) is 0 Å². The van der Waals surface area contributed by atoms with E-state index in [-0.39, 0.29) is 11.9 Å². The molecule has 0 radical (unpaired) electrons. The van der Waals surface area contributed by atoms with Crippen molar-refractivity contribution >= 4 is 0 Å². The van der Waals surface area contributed by atoms with Crippen LogP contribution in [0.2, 0.25) is 0 Å². The Bertz CT molecular complexity index is 391. The molecule has 2 rings (SSSR count). The second-order valence-corrected chi connectivity index (χ2v) is 3.79. The van der Waals surface area contributed by atoms with E-state index in [9.17, 15) is 13.2 Å². The molecule has 16 heavy (non-hydrogen) atoms. The molecule has 0 atom stereocenters. The summed E-state index contributed by atoms with van der Waals surface area (Å²) in [6.07, 6.45) is -0.185. The normalized spacial score (nSPS) is 17.2. The number of hydrogen-bond acceptors (Lipinski definition) is 2. The van der Waals surface area contributed by atoms with Crippen LogP contribution >= 0.6 is 0 Å². The number of likely N-dealkylation sites (tertiary alicyclic amines) is 1. The van der Waals surface area contributed by atoms with Gasteiger partial charge in [-0.2, -0.15) is 4.39 Å². The highest BCUT2D eigenvalue weighted by Crippen LogP contribution is 2.24. The van der Waals surface area contributed by atoms with Crippen LogP contribution in [-0.4, -0.2) is 30.6 Å². The maximum atomic E-state index is 13.2. The van der Waals surface area contributed by atoms with Crippen LogP contribution in [0.1, 0.15) is 6.92 Å². The number of ether oxygens (including phenoxy) is 1. The molecule has 0 spiro atoms. The van der Waals surface area contributed by atoms with E-state index < -0.39 is 17.5 Å². The van der Waals surface area contributed by atoms with Gasteiger partial charge in [0.05, 0.1) is 0 Å². The maximum Gasteiger partial charge on any atom is 0.200 e. The van der Waals surface area contributed by atoms with Crippen molar-refractivity contribution in [3.63, 3.8) is 0 Å². The molecule has 88 valence electrons. The van der Waals surface area contributed by atoms with Gasteiger partial charge in [0, 0.05) is 25.2 Å². The lowest BCUT2D eigenvalue weighted by Crippen LogP contribution is -2.53. The third-order valence-corrected chi connectivity index (χ3v) is 2.62. The van der Waals surface area contributed by atoms with Gasteiger partial charge < -0.3 is 4.74 Å². The summed E-state index contributed by atoms with van der Waals surface area (Å²) < 4.78 is 44.1. The van der Waals surface area contributed by atoms with Gasteiger partial charge in [-0.1, -0.05) is 6.92 Å². The molecule has 1 heterocycles. The Hall–Kier alpha value is -1.23. The molecule has 0 aromatic heterocycles. The highest BCUT2D eigenvalue weighted by atomic mass is 19.2. The zero-order chi connectivity index (χ0) is 11.7. The third kappa shape index (κ3) is 2.14. The second kappa shape index (κ2) is 4.33. The zero-order valence-electron chi connectivity index (χ0n) is 8.84. The van der Waals surface area contributed by atoms with Gasteiger partial charge in [0.25, 0.3) is 0 Å². The monoisotopic (exact) mass is 231 g/mol. The van der Waals surface area contributed by atoms with Gasteiger partial charge in [0.1, 0.15) is 11.9 Å². The molecule has 1 aliphatic heterocycles. The highest BCUT2D eigenvalue weighted by molar-refractivity contribution is 5.26. The largest absolute Gasteiger partial charge is 0.484 e. The van der Waals surface area contributed by atoms with Crippen LogP contribution in [-0.2, 0) is 0 Å². The number of nitrogens with zero attached hydrogens (tertiary/aromatic N) is 1. The Labute approximate surface area is 91.6 Å². The Morgan fingerprint density at radius 1 is 1.31 bits per heavy atom. The molecule has 5 heteroatoms. The standard InChI is InChI=1S/C11H12F3NO/c1-2-15-5-8(6-15)16-10-4-7(12)3-9(13)11(10)14/h3-4,8H,2,5-6H2,1H3. The Morgan fingerprint density at radius 3 is 2.62 bits per heavy atom.